The van der Waals surface area contributed by atoms with Crippen LogP contribution in [0.5, 0.6) is 0 Å². The maximum Gasteiger partial charge on any atom is 0.175 e. The molecular formula is C20H18N4O2S. The second-order valence-corrected chi connectivity index (χ2v) is 8.55. The smallest absolute Gasteiger partial charge is 0.175 e. The number of nitrogens with zero attached hydrogens (tertiary/aromatic N) is 4. The fourth-order valence-electron chi connectivity index (χ4n) is 2.97. The molecular weight excluding hydrogens is 360 g/mol. The molecule has 0 unspecified atom stereocenters. The maximum atomic E-state index is 11.7. The molecule has 2 aromatic carbocycles. The summed E-state index contributed by atoms with van der Waals surface area (Å²) in [5, 5.41) is 0. The van der Waals surface area contributed by atoms with Crippen LogP contribution in [0.3, 0.4) is 0 Å². The predicted octanol–water partition coefficient (Wildman–Crippen LogP) is 3.25. The lowest BCUT2D eigenvalue weighted by Gasteiger charge is -2.10. The molecule has 0 atom stereocenters. The fraction of sp³-hybridized carbons (Fsp3) is 0.150. The topological polar surface area (TPSA) is 77.7 Å². The van der Waals surface area contributed by atoms with Crippen molar-refractivity contribution in [3.8, 4) is 11.4 Å². The van der Waals surface area contributed by atoms with E-state index < -0.39 is 9.84 Å². The number of aryl methyl sites for hydroxylation is 1. The molecule has 0 spiro atoms. The normalized spacial score (nSPS) is 11.8. The van der Waals surface area contributed by atoms with Crippen molar-refractivity contribution in [2.45, 2.75) is 18.4 Å². The lowest BCUT2D eigenvalue weighted by Crippen LogP contribution is -2.04. The molecule has 6 nitrogen and oxygen atoms in total. The Morgan fingerprint density at radius 2 is 1.70 bits per heavy atom. The van der Waals surface area contributed by atoms with Crippen molar-refractivity contribution in [2.75, 3.05) is 6.26 Å². The highest BCUT2D eigenvalue weighted by atomic mass is 32.2. The van der Waals surface area contributed by atoms with Crippen LogP contribution in [0.25, 0.3) is 22.6 Å². The zero-order chi connectivity index (χ0) is 19.0. The predicted molar refractivity (Wildman–Crippen MR) is 104 cm³/mol. The van der Waals surface area contributed by atoms with E-state index in [1.807, 2.05) is 4.57 Å². The van der Waals surface area contributed by atoms with E-state index in [1.165, 1.54) is 18.1 Å². The van der Waals surface area contributed by atoms with E-state index >= 15 is 0 Å². The molecule has 2 aromatic heterocycles. The first-order chi connectivity index (χ1) is 12.9. The highest BCUT2D eigenvalue weighted by molar-refractivity contribution is 7.90. The van der Waals surface area contributed by atoms with Gasteiger partial charge in [0, 0.05) is 11.8 Å². The van der Waals surface area contributed by atoms with Crippen LogP contribution >= 0.6 is 0 Å². The van der Waals surface area contributed by atoms with Gasteiger partial charge < -0.3 is 4.57 Å². The summed E-state index contributed by atoms with van der Waals surface area (Å²) in [6, 6.07) is 15.1. The van der Waals surface area contributed by atoms with E-state index in [0.29, 0.717) is 12.1 Å². The third-order valence-electron chi connectivity index (χ3n) is 4.41. The summed E-state index contributed by atoms with van der Waals surface area (Å²) in [6.45, 7) is 2.66. The summed E-state index contributed by atoms with van der Waals surface area (Å²) in [5.74, 6) is 0.728. The van der Waals surface area contributed by atoms with Crippen LogP contribution in [0, 0.1) is 6.92 Å². The molecule has 0 aliphatic rings. The summed E-state index contributed by atoms with van der Waals surface area (Å²) in [6.07, 6.45) is 4.39. The molecule has 4 aromatic rings. The first-order valence-electron chi connectivity index (χ1n) is 8.44. The third-order valence-corrected chi connectivity index (χ3v) is 5.54. The van der Waals surface area contributed by atoms with Gasteiger partial charge in [-0.25, -0.2) is 23.4 Å². The van der Waals surface area contributed by atoms with Gasteiger partial charge in [-0.05, 0) is 36.8 Å². The van der Waals surface area contributed by atoms with Crippen LogP contribution in [0.2, 0.25) is 0 Å². The number of imidazole rings is 1. The molecule has 0 fully saturated rings. The minimum Gasteiger partial charge on any atom is -0.304 e. The largest absolute Gasteiger partial charge is 0.304 e. The lowest BCUT2D eigenvalue weighted by atomic mass is 10.1. The maximum absolute atomic E-state index is 11.7. The number of hydrogen-bond acceptors (Lipinski definition) is 5. The number of rotatable bonds is 4. The molecule has 0 amide bonds. The van der Waals surface area contributed by atoms with Gasteiger partial charge in [-0.15, -0.1) is 0 Å². The Hall–Kier alpha value is -3.06. The number of benzene rings is 2. The molecule has 0 saturated carbocycles. The van der Waals surface area contributed by atoms with Crippen LogP contribution in [0.1, 0.15) is 11.1 Å². The van der Waals surface area contributed by atoms with Crippen molar-refractivity contribution < 1.29 is 8.42 Å². The molecule has 0 bridgehead atoms. The average molecular weight is 378 g/mol. The van der Waals surface area contributed by atoms with Crippen molar-refractivity contribution >= 4 is 21.0 Å². The van der Waals surface area contributed by atoms with E-state index in [-0.39, 0.29) is 4.90 Å². The van der Waals surface area contributed by atoms with Crippen LogP contribution in [0.4, 0.5) is 0 Å². The lowest BCUT2D eigenvalue weighted by molar-refractivity contribution is 0.602. The Kier molecular flexibility index (Phi) is 4.24. The molecule has 4 rings (SSSR count). The van der Waals surface area contributed by atoms with E-state index in [1.54, 1.807) is 30.5 Å². The van der Waals surface area contributed by atoms with Crippen molar-refractivity contribution in [1.82, 2.24) is 19.5 Å². The number of hydrogen-bond donors (Lipinski definition) is 0. The van der Waals surface area contributed by atoms with Gasteiger partial charge in [-0.1, -0.05) is 29.8 Å². The van der Waals surface area contributed by atoms with Gasteiger partial charge in [0.05, 0.1) is 17.6 Å². The van der Waals surface area contributed by atoms with Gasteiger partial charge in [0.25, 0.3) is 0 Å². The molecule has 136 valence electrons. The average Bonchev–Trinajstić information content (AvgIpc) is 3.02. The number of fused-ring (bicyclic) bond motifs is 1. The Bertz CT molecular complexity index is 1210. The fourth-order valence-corrected chi connectivity index (χ4v) is 3.61. The molecule has 27 heavy (non-hydrogen) atoms. The molecule has 0 radical (unpaired) electrons. The Morgan fingerprint density at radius 3 is 2.37 bits per heavy atom. The molecule has 0 aliphatic carbocycles. The monoisotopic (exact) mass is 378 g/mol. The summed E-state index contributed by atoms with van der Waals surface area (Å²) in [5.41, 5.74) is 4.60. The first kappa shape index (κ1) is 17.4. The molecule has 7 heteroatoms. The van der Waals surface area contributed by atoms with Gasteiger partial charge in [-0.2, -0.15) is 0 Å². The van der Waals surface area contributed by atoms with Crippen LogP contribution in [0.15, 0.2) is 66.0 Å². The van der Waals surface area contributed by atoms with E-state index in [0.717, 1.165) is 22.6 Å². The second kappa shape index (κ2) is 6.59. The second-order valence-electron chi connectivity index (χ2n) is 6.54. The highest BCUT2D eigenvalue weighted by Gasteiger charge is 2.15. The van der Waals surface area contributed by atoms with Crippen LogP contribution < -0.4 is 0 Å². The van der Waals surface area contributed by atoms with Crippen molar-refractivity contribution in [3.05, 3.63) is 72.2 Å². The first-order valence-corrected chi connectivity index (χ1v) is 10.3. The van der Waals surface area contributed by atoms with Crippen molar-refractivity contribution in [2.24, 2.45) is 0 Å². The van der Waals surface area contributed by atoms with E-state index in [2.05, 4.69) is 46.1 Å². The minimum absolute atomic E-state index is 0.284. The summed E-state index contributed by atoms with van der Waals surface area (Å²) in [4.78, 5) is 13.4. The Morgan fingerprint density at radius 1 is 1.00 bits per heavy atom. The Labute approximate surface area is 157 Å². The van der Waals surface area contributed by atoms with E-state index in [4.69, 9.17) is 0 Å². The number of sulfone groups is 1. The minimum atomic E-state index is -3.24. The van der Waals surface area contributed by atoms with Gasteiger partial charge in [0.15, 0.2) is 15.5 Å². The quantitative estimate of drug-likeness (QED) is 0.545. The SMILES string of the molecule is Cc1ccc(Cn2c(-c3ccc(S(C)(=O)=O)cc3)nc3cncnc32)cc1. The summed E-state index contributed by atoms with van der Waals surface area (Å²) < 4.78 is 25.5. The molecule has 0 N–H and O–H groups in total. The van der Waals surface area contributed by atoms with Gasteiger partial charge in [-0.3, -0.25) is 0 Å². The summed E-state index contributed by atoms with van der Waals surface area (Å²) >= 11 is 0. The standard InChI is InChI=1S/C20H18N4O2S/c1-14-3-5-15(6-4-14)12-24-19(23-18-11-21-13-22-20(18)24)16-7-9-17(10-8-16)27(2,25)26/h3-11,13H,12H2,1-2H3. The summed E-state index contributed by atoms with van der Waals surface area (Å²) in [7, 11) is -3.24. The molecule has 0 saturated heterocycles. The third kappa shape index (κ3) is 3.46. The molecule has 0 aliphatic heterocycles. The highest BCUT2D eigenvalue weighted by Crippen LogP contribution is 2.25. The van der Waals surface area contributed by atoms with Crippen LogP contribution in [-0.2, 0) is 16.4 Å². The van der Waals surface area contributed by atoms with Crippen molar-refractivity contribution in [1.29, 1.82) is 0 Å². The van der Waals surface area contributed by atoms with Crippen LogP contribution in [-0.4, -0.2) is 34.2 Å². The Balaban J connectivity index is 1.83. The van der Waals surface area contributed by atoms with Crippen molar-refractivity contribution in [3.63, 3.8) is 0 Å². The van der Waals surface area contributed by atoms with E-state index in [9.17, 15) is 8.42 Å². The zero-order valence-corrected chi connectivity index (χ0v) is 15.8. The van der Waals surface area contributed by atoms with Gasteiger partial charge in [0.1, 0.15) is 17.7 Å². The zero-order valence-electron chi connectivity index (χ0n) is 15.0. The molecule has 2 heterocycles. The van der Waals surface area contributed by atoms with Gasteiger partial charge >= 0.3 is 0 Å². The number of aromatic nitrogens is 4. The van der Waals surface area contributed by atoms with Gasteiger partial charge in [0.2, 0.25) is 0 Å².